The Bertz CT molecular complexity index is 293. The molecule has 108 valence electrons. The predicted molar refractivity (Wildman–Crippen MR) is 80.1 cm³/mol. The lowest BCUT2D eigenvalue weighted by Crippen LogP contribution is -2.56. The van der Waals surface area contributed by atoms with Gasteiger partial charge < -0.3 is 5.32 Å². The fourth-order valence-electron chi connectivity index (χ4n) is 6.51. The Labute approximate surface area is 118 Å². The fraction of sp³-hybridized carbons (Fsp3) is 1.00. The van der Waals surface area contributed by atoms with E-state index in [4.69, 9.17) is 0 Å². The minimum absolute atomic E-state index is 0.701. The molecule has 1 N–H and O–H groups in total. The molecule has 0 aromatic rings. The first-order valence-electron chi connectivity index (χ1n) is 8.99. The van der Waals surface area contributed by atoms with Crippen LogP contribution in [0.1, 0.15) is 77.6 Å². The molecule has 5 rings (SSSR count). The molecule has 0 aromatic carbocycles. The largest absolute Gasteiger partial charge is 0.311 e. The lowest BCUT2D eigenvalue weighted by molar-refractivity contribution is -0.0727. The van der Waals surface area contributed by atoms with E-state index in [1.165, 1.54) is 32.1 Å². The second kappa shape index (κ2) is 4.76. The standard InChI is InChI=1S/C18H31N/c1-13(19-17-5-3-2-4-6-17)18-10-14-7-15(11-18)9-16(8-14)12-18/h13-17,19H,2-12H2,1H3/t13-,14?,15?,16?,18?/m1/s1. The summed E-state index contributed by atoms with van der Waals surface area (Å²) < 4.78 is 0. The van der Waals surface area contributed by atoms with E-state index in [1.54, 1.807) is 38.5 Å². The lowest BCUT2D eigenvalue weighted by atomic mass is 9.48. The maximum atomic E-state index is 4.08. The van der Waals surface area contributed by atoms with Crippen molar-refractivity contribution in [2.45, 2.75) is 89.6 Å². The van der Waals surface area contributed by atoms with Gasteiger partial charge in [-0.05, 0) is 81.5 Å². The summed E-state index contributed by atoms with van der Waals surface area (Å²) in [6, 6.07) is 1.63. The van der Waals surface area contributed by atoms with Gasteiger partial charge in [-0.2, -0.15) is 0 Å². The van der Waals surface area contributed by atoms with Gasteiger partial charge in [0.25, 0.3) is 0 Å². The lowest BCUT2D eigenvalue weighted by Gasteiger charge is -2.59. The Kier molecular flexibility index (Phi) is 3.17. The Morgan fingerprint density at radius 2 is 1.37 bits per heavy atom. The van der Waals surface area contributed by atoms with Crippen molar-refractivity contribution in [3.63, 3.8) is 0 Å². The number of rotatable bonds is 3. The van der Waals surface area contributed by atoms with E-state index in [0.29, 0.717) is 5.41 Å². The number of hydrogen-bond donors (Lipinski definition) is 1. The molecule has 0 radical (unpaired) electrons. The average molecular weight is 261 g/mol. The Morgan fingerprint density at radius 1 is 0.842 bits per heavy atom. The Morgan fingerprint density at radius 3 is 1.89 bits per heavy atom. The first-order chi connectivity index (χ1) is 9.23. The monoisotopic (exact) mass is 261 g/mol. The van der Waals surface area contributed by atoms with E-state index in [9.17, 15) is 0 Å². The minimum Gasteiger partial charge on any atom is -0.311 e. The summed E-state index contributed by atoms with van der Waals surface area (Å²) in [6.07, 6.45) is 16.7. The van der Waals surface area contributed by atoms with Crippen molar-refractivity contribution in [2.24, 2.45) is 23.2 Å². The highest BCUT2D eigenvalue weighted by Gasteiger charge is 2.53. The first-order valence-corrected chi connectivity index (χ1v) is 8.99. The van der Waals surface area contributed by atoms with Crippen molar-refractivity contribution in [3.8, 4) is 0 Å². The molecular formula is C18H31N. The SMILES string of the molecule is C[C@@H](NC1CCCCC1)C12CC3CC(CC(C3)C1)C2. The quantitative estimate of drug-likeness (QED) is 0.788. The highest BCUT2D eigenvalue weighted by molar-refractivity contribution is 5.05. The van der Waals surface area contributed by atoms with Gasteiger partial charge in [0.1, 0.15) is 0 Å². The van der Waals surface area contributed by atoms with Gasteiger partial charge in [-0.3, -0.25) is 0 Å². The zero-order valence-corrected chi connectivity index (χ0v) is 12.7. The third kappa shape index (κ3) is 2.26. The van der Waals surface area contributed by atoms with Gasteiger partial charge in [0, 0.05) is 12.1 Å². The van der Waals surface area contributed by atoms with Gasteiger partial charge in [-0.15, -0.1) is 0 Å². The maximum Gasteiger partial charge on any atom is 0.00980 e. The zero-order chi connectivity index (χ0) is 12.9. The van der Waals surface area contributed by atoms with Gasteiger partial charge in [-0.1, -0.05) is 19.3 Å². The summed E-state index contributed by atoms with van der Waals surface area (Å²) in [5, 5.41) is 4.08. The average Bonchev–Trinajstić information content (AvgIpc) is 2.38. The van der Waals surface area contributed by atoms with E-state index in [-0.39, 0.29) is 0 Å². The molecule has 0 saturated heterocycles. The van der Waals surface area contributed by atoms with E-state index < -0.39 is 0 Å². The molecule has 1 heteroatoms. The van der Waals surface area contributed by atoms with Crippen LogP contribution in [0.4, 0.5) is 0 Å². The minimum atomic E-state index is 0.701. The summed E-state index contributed by atoms with van der Waals surface area (Å²) in [6.45, 7) is 2.53. The Hall–Kier alpha value is -0.0400. The second-order valence-electron chi connectivity index (χ2n) is 8.50. The van der Waals surface area contributed by atoms with Crippen molar-refractivity contribution in [2.75, 3.05) is 0 Å². The molecule has 0 aliphatic heterocycles. The number of nitrogens with one attached hydrogen (secondary N) is 1. The second-order valence-corrected chi connectivity index (χ2v) is 8.50. The molecule has 4 bridgehead atoms. The van der Waals surface area contributed by atoms with Crippen LogP contribution in [-0.2, 0) is 0 Å². The van der Waals surface area contributed by atoms with Gasteiger partial charge in [-0.25, -0.2) is 0 Å². The van der Waals surface area contributed by atoms with Crippen LogP contribution in [0.3, 0.4) is 0 Å². The normalized spacial score (nSPS) is 47.5. The fourth-order valence-corrected chi connectivity index (χ4v) is 6.51. The molecule has 0 aromatic heterocycles. The smallest absolute Gasteiger partial charge is 0.00980 e. The molecule has 1 atom stereocenters. The van der Waals surface area contributed by atoms with E-state index in [2.05, 4.69) is 12.2 Å². The highest BCUT2D eigenvalue weighted by Crippen LogP contribution is 2.61. The van der Waals surface area contributed by atoms with Crippen molar-refractivity contribution >= 4 is 0 Å². The molecule has 0 amide bonds. The van der Waals surface area contributed by atoms with Crippen molar-refractivity contribution in [1.29, 1.82) is 0 Å². The summed E-state index contributed by atoms with van der Waals surface area (Å²) >= 11 is 0. The Balaban J connectivity index is 1.45. The van der Waals surface area contributed by atoms with Crippen LogP contribution in [0.2, 0.25) is 0 Å². The topological polar surface area (TPSA) is 12.0 Å². The van der Waals surface area contributed by atoms with Gasteiger partial charge in [0.2, 0.25) is 0 Å². The van der Waals surface area contributed by atoms with E-state index >= 15 is 0 Å². The van der Waals surface area contributed by atoms with Crippen LogP contribution in [0, 0.1) is 23.2 Å². The first kappa shape index (κ1) is 12.7. The van der Waals surface area contributed by atoms with Gasteiger partial charge >= 0.3 is 0 Å². The maximum absolute atomic E-state index is 4.08. The van der Waals surface area contributed by atoms with Gasteiger partial charge in [0.15, 0.2) is 0 Å². The van der Waals surface area contributed by atoms with E-state index in [0.717, 1.165) is 29.8 Å². The predicted octanol–water partition coefficient (Wildman–Crippen LogP) is 4.51. The molecule has 0 spiro atoms. The van der Waals surface area contributed by atoms with Gasteiger partial charge in [0.05, 0.1) is 0 Å². The molecule has 0 unspecified atom stereocenters. The molecule has 1 nitrogen and oxygen atoms in total. The summed E-state index contributed by atoms with van der Waals surface area (Å²) in [5.41, 5.74) is 0.701. The van der Waals surface area contributed by atoms with Crippen LogP contribution in [-0.4, -0.2) is 12.1 Å². The molecular weight excluding hydrogens is 230 g/mol. The van der Waals surface area contributed by atoms with E-state index in [1.807, 2.05) is 0 Å². The van der Waals surface area contributed by atoms with Crippen LogP contribution in [0.5, 0.6) is 0 Å². The summed E-state index contributed by atoms with van der Waals surface area (Å²) in [5.74, 6) is 3.30. The molecule has 5 fully saturated rings. The zero-order valence-electron chi connectivity index (χ0n) is 12.7. The van der Waals surface area contributed by atoms with Crippen molar-refractivity contribution in [3.05, 3.63) is 0 Å². The molecule has 5 saturated carbocycles. The van der Waals surface area contributed by atoms with Crippen LogP contribution in [0.15, 0.2) is 0 Å². The third-order valence-electron chi connectivity index (χ3n) is 7.10. The molecule has 5 aliphatic rings. The molecule has 5 aliphatic carbocycles. The summed E-state index contributed by atoms with van der Waals surface area (Å²) in [7, 11) is 0. The number of hydrogen-bond acceptors (Lipinski definition) is 1. The highest BCUT2D eigenvalue weighted by atomic mass is 15.0. The van der Waals surface area contributed by atoms with Crippen LogP contribution < -0.4 is 5.32 Å². The third-order valence-corrected chi connectivity index (χ3v) is 7.10. The van der Waals surface area contributed by atoms with Crippen molar-refractivity contribution in [1.82, 2.24) is 5.32 Å². The van der Waals surface area contributed by atoms with Crippen LogP contribution >= 0.6 is 0 Å². The van der Waals surface area contributed by atoms with Crippen LogP contribution in [0.25, 0.3) is 0 Å². The summed E-state index contributed by atoms with van der Waals surface area (Å²) in [4.78, 5) is 0. The van der Waals surface area contributed by atoms with Crippen molar-refractivity contribution < 1.29 is 0 Å². The molecule has 19 heavy (non-hydrogen) atoms. The molecule has 0 heterocycles.